The van der Waals surface area contributed by atoms with Crippen molar-refractivity contribution < 1.29 is 9.59 Å². The minimum absolute atomic E-state index is 0.0896. The Labute approximate surface area is 222 Å². The first-order valence-electron chi connectivity index (χ1n) is 12.4. The Morgan fingerprint density at radius 2 is 1.57 bits per heavy atom. The fourth-order valence-electron chi connectivity index (χ4n) is 4.09. The van der Waals surface area contributed by atoms with Crippen molar-refractivity contribution in [2.24, 2.45) is 0 Å². The summed E-state index contributed by atoms with van der Waals surface area (Å²) in [4.78, 5) is 37.7. The average Bonchev–Trinajstić information content (AvgIpc) is 2.89. The predicted octanol–water partition coefficient (Wildman–Crippen LogP) is 3.10. The lowest BCUT2D eigenvalue weighted by molar-refractivity contribution is -0.119. The maximum Gasteiger partial charge on any atom is 0.239 e. The van der Waals surface area contributed by atoms with Crippen LogP contribution in [0.1, 0.15) is 12.5 Å². The number of halogens is 1. The maximum absolute atomic E-state index is 12.9. The highest BCUT2D eigenvalue weighted by Gasteiger charge is 2.20. The van der Waals surface area contributed by atoms with E-state index in [9.17, 15) is 9.59 Å². The molecule has 0 aliphatic carbocycles. The molecule has 0 spiro atoms. The molecule has 4 rings (SSSR count). The number of piperazine rings is 1. The van der Waals surface area contributed by atoms with Crippen LogP contribution in [0, 0.1) is 0 Å². The van der Waals surface area contributed by atoms with E-state index in [4.69, 9.17) is 11.6 Å². The molecular weight excluding hydrogens is 490 g/mol. The third-order valence-electron chi connectivity index (χ3n) is 5.98. The topological polar surface area (TPSA) is 102 Å². The van der Waals surface area contributed by atoms with Gasteiger partial charge in [-0.3, -0.25) is 19.4 Å². The molecule has 10 heteroatoms. The highest BCUT2D eigenvalue weighted by molar-refractivity contribution is 6.30. The van der Waals surface area contributed by atoms with Gasteiger partial charge >= 0.3 is 0 Å². The second-order valence-electron chi connectivity index (χ2n) is 8.96. The number of aromatic nitrogens is 2. The number of hydrogen-bond donors (Lipinski definition) is 3. The van der Waals surface area contributed by atoms with Crippen LogP contribution in [0.4, 0.5) is 11.6 Å². The van der Waals surface area contributed by atoms with Gasteiger partial charge in [0, 0.05) is 69.4 Å². The number of amides is 2. The van der Waals surface area contributed by atoms with Crippen molar-refractivity contribution in [2.45, 2.75) is 13.5 Å². The van der Waals surface area contributed by atoms with E-state index in [-0.39, 0.29) is 11.8 Å². The van der Waals surface area contributed by atoms with Gasteiger partial charge in [-0.1, -0.05) is 54.1 Å². The van der Waals surface area contributed by atoms with Gasteiger partial charge in [-0.2, -0.15) is 0 Å². The molecule has 0 saturated carbocycles. The standard InChI is InChI=1S/C27H32ClN7O2/c1-20(36)29-11-12-30-24-17-25(33-27(32-24)22-5-3-2-4-6-22)31-26(37)19-35-15-13-34(14-16-35)18-21-7-9-23(28)10-8-21/h2-10,17H,11-16,18-19H2,1H3,(H,29,36)(H2,30,31,32,33,37). The highest BCUT2D eigenvalue weighted by atomic mass is 35.5. The van der Waals surface area contributed by atoms with E-state index >= 15 is 0 Å². The van der Waals surface area contributed by atoms with Crippen LogP contribution in [0.15, 0.2) is 60.7 Å². The first-order chi connectivity index (χ1) is 17.9. The summed E-state index contributed by atoms with van der Waals surface area (Å²) in [6, 6.07) is 19.2. The van der Waals surface area contributed by atoms with Gasteiger partial charge in [-0.25, -0.2) is 9.97 Å². The fraction of sp³-hybridized carbons (Fsp3) is 0.333. The summed E-state index contributed by atoms with van der Waals surface area (Å²) in [7, 11) is 0. The van der Waals surface area contributed by atoms with Crippen molar-refractivity contribution in [2.75, 3.05) is 56.4 Å². The van der Waals surface area contributed by atoms with Gasteiger partial charge in [0.1, 0.15) is 11.6 Å². The van der Waals surface area contributed by atoms with Crippen molar-refractivity contribution in [1.29, 1.82) is 0 Å². The zero-order chi connectivity index (χ0) is 26.0. The van der Waals surface area contributed by atoms with Crippen molar-refractivity contribution in [1.82, 2.24) is 25.1 Å². The van der Waals surface area contributed by atoms with Crippen LogP contribution in [-0.4, -0.2) is 77.4 Å². The molecule has 0 atom stereocenters. The van der Waals surface area contributed by atoms with Gasteiger partial charge in [-0.15, -0.1) is 0 Å². The maximum atomic E-state index is 12.9. The quantitative estimate of drug-likeness (QED) is 0.352. The Balaban J connectivity index is 1.33. The Bertz CT molecular complexity index is 1180. The third-order valence-corrected chi connectivity index (χ3v) is 6.23. The Kier molecular flexibility index (Phi) is 9.42. The van der Waals surface area contributed by atoms with Crippen LogP contribution in [0.3, 0.4) is 0 Å². The molecule has 2 aromatic carbocycles. The lowest BCUT2D eigenvalue weighted by atomic mass is 10.2. The lowest BCUT2D eigenvalue weighted by Crippen LogP contribution is -2.48. The van der Waals surface area contributed by atoms with Crippen molar-refractivity contribution in [3.63, 3.8) is 0 Å². The monoisotopic (exact) mass is 521 g/mol. The number of nitrogens with one attached hydrogen (secondary N) is 3. The summed E-state index contributed by atoms with van der Waals surface area (Å²) in [5.41, 5.74) is 2.08. The van der Waals surface area contributed by atoms with Gasteiger partial charge in [0.15, 0.2) is 5.82 Å². The largest absolute Gasteiger partial charge is 0.368 e. The molecule has 0 radical (unpaired) electrons. The lowest BCUT2D eigenvalue weighted by Gasteiger charge is -2.34. The molecule has 1 fully saturated rings. The molecule has 0 bridgehead atoms. The van der Waals surface area contributed by atoms with Gasteiger partial charge in [0.2, 0.25) is 11.8 Å². The molecule has 1 aromatic heterocycles. The van der Waals surface area contributed by atoms with Gasteiger partial charge < -0.3 is 16.0 Å². The minimum Gasteiger partial charge on any atom is -0.368 e. The summed E-state index contributed by atoms with van der Waals surface area (Å²) in [5.74, 6) is 1.31. The second-order valence-corrected chi connectivity index (χ2v) is 9.40. The first-order valence-corrected chi connectivity index (χ1v) is 12.7. The molecule has 1 saturated heterocycles. The molecular formula is C27H32ClN7O2. The number of hydrogen-bond acceptors (Lipinski definition) is 7. The van der Waals surface area contributed by atoms with Crippen LogP contribution in [0.5, 0.6) is 0 Å². The Morgan fingerprint density at radius 3 is 2.27 bits per heavy atom. The van der Waals surface area contributed by atoms with Gasteiger partial charge in [0.25, 0.3) is 0 Å². The molecule has 9 nitrogen and oxygen atoms in total. The number of carbonyl (C=O) groups is 2. The molecule has 3 aromatic rings. The van der Waals surface area contributed by atoms with Crippen LogP contribution in [0.2, 0.25) is 5.02 Å². The summed E-state index contributed by atoms with van der Waals surface area (Å²) in [5, 5.41) is 9.62. The normalized spacial score (nSPS) is 14.2. The van der Waals surface area contributed by atoms with E-state index in [0.29, 0.717) is 37.1 Å². The SMILES string of the molecule is CC(=O)NCCNc1cc(NC(=O)CN2CCN(Cc3ccc(Cl)cc3)CC2)nc(-c2ccccc2)n1. The van der Waals surface area contributed by atoms with E-state index < -0.39 is 0 Å². The molecule has 37 heavy (non-hydrogen) atoms. The molecule has 194 valence electrons. The number of nitrogens with zero attached hydrogens (tertiary/aromatic N) is 4. The van der Waals surface area contributed by atoms with Crippen LogP contribution in [0.25, 0.3) is 11.4 Å². The van der Waals surface area contributed by atoms with Gasteiger partial charge in [-0.05, 0) is 17.7 Å². The van der Waals surface area contributed by atoms with Crippen LogP contribution in [-0.2, 0) is 16.1 Å². The molecule has 1 aliphatic heterocycles. The Morgan fingerprint density at radius 1 is 0.892 bits per heavy atom. The average molecular weight is 522 g/mol. The summed E-state index contributed by atoms with van der Waals surface area (Å²) < 4.78 is 0. The summed E-state index contributed by atoms with van der Waals surface area (Å²) >= 11 is 5.98. The van der Waals surface area contributed by atoms with Crippen molar-refractivity contribution >= 4 is 35.1 Å². The third kappa shape index (κ3) is 8.52. The molecule has 3 N–H and O–H groups in total. The highest BCUT2D eigenvalue weighted by Crippen LogP contribution is 2.20. The number of benzene rings is 2. The number of carbonyl (C=O) groups excluding carboxylic acids is 2. The van der Waals surface area contributed by atoms with Crippen molar-refractivity contribution in [3.05, 3.63) is 71.2 Å². The van der Waals surface area contributed by atoms with E-state index in [1.54, 1.807) is 6.07 Å². The summed E-state index contributed by atoms with van der Waals surface area (Å²) in [6.45, 7) is 7.03. The first kappa shape index (κ1) is 26.5. The minimum atomic E-state index is -0.118. The predicted molar refractivity (Wildman–Crippen MR) is 146 cm³/mol. The van der Waals surface area contributed by atoms with E-state index in [1.807, 2.05) is 42.5 Å². The zero-order valence-corrected chi connectivity index (χ0v) is 21.7. The summed E-state index contributed by atoms with van der Waals surface area (Å²) in [6.07, 6.45) is 0. The van der Waals surface area contributed by atoms with Crippen LogP contribution >= 0.6 is 11.6 Å². The van der Waals surface area contributed by atoms with E-state index in [1.165, 1.54) is 12.5 Å². The van der Waals surface area contributed by atoms with E-state index in [2.05, 4.69) is 47.9 Å². The Hall–Kier alpha value is -3.53. The molecule has 0 unspecified atom stereocenters. The zero-order valence-electron chi connectivity index (χ0n) is 20.9. The molecule has 2 heterocycles. The number of anilines is 2. The fourth-order valence-corrected chi connectivity index (χ4v) is 4.21. The van der Waals surface area contributed by atoms with E-state index in [0.717, 1.165) is 43.3 Å². The second kappa shape index (κ2) is 13.1. The van der Waals surface area contributed by atoms with Crippen molar-refractivity contribution in [3.8, 4) is 11.4 Å². The van der Waals surface area contributed by atoms with Crippen LogP contribution < -0.4 is 16.0 Å². The van der Waals surface area contributed by atoms with Gasteiger partial charge in [0.05, 0.1) is 6.54 Å². The number of rotatable bonds is 10. The molecule has 2 amide bonds. The molecule has 1 aliphatic rings. The smallest absolute Gasteiger partial charge is 0.239 e.